The quantitative estimate of drug-likeness (QED) is 0.664. The molecule has 0 amide bonds. The van der Waals surface area contributed by atoms with Crippen LogP contribution in [0.25, 0.3) is 11.4 Å². The number of nitrogens with zero attached hydrogens (tertiary/aromatic N) is 1. The zero-order valence-electron chi connectivity index (χ0n) is 15.4. The number of aromatic amines is 1. The third-order valence-corrected chi connectivity index (χ3v) is 8.06. The molecule has 0 spiro atoms. The van der Waals surface area contributed by atoms with E-state index in [9.17, 15) is 13.2 Å². The molecular weight excluding hydrogens is 392 g/mol. The third kappa shape index (κ3) is 3.52. The van der Waals surface area contributed by atoms with Crippen LogP contribution in [0.2, 0.25) is 0 Å². The highest BCUT2D eigenvalue weighted by Crippen LogP contribution is 2.28. The summed E-state index contributed by atoms with van der Waals surface area (Å²) >= 11 is 1.65. The van der Waals surface area contributed by atoms with Gasteiger partial charge in [0.15, 0.2) is 9.84 Å². The highest BCUT2D eigenvalue weighted by molar-refractivity contribution is 7.98. The maximum Gasteiger partial charge on any atom is 0.254 e. The van der Waals surface area contributed by atoms with Gasteiger partial charge in [-0.1, -0.05) is 30.3 Å². The van der Waals surface area contributed by atoms with Crippen molar-refractivity contribution < 1.29 is 8.42 Å². The standard InChI is InChI=1S/C21H20N2O3S2/c1-27-15-9-7-14(8-10-15)20-22-19-12-11-17(13-18(19)21(24)23-20)28(25,26)16-5-3-2-4-6-16/h2-10,17H,11-13H2,1H3,(H,22,23,24). The second-order valence-electron chi connectivity index (χ2n) is 6.79. The molecule has 0 fully saturated rings. The monoisotopic (exact) mass is 412 g/mol. The van der Waals surface area contributed by atoms with Crippen molar-refractivity contribution in [3.05, 3.63) is 76.2 Å². The van der Waals surface area contributed by atoms with Gasteiger partial charge in [0.25, 0.3) is 5.56 Å². The Morgan fingerprint density at radius 2 is 1.79 bits per heavy atom. The number of H-pyrrole nitrogens is 1. The minimum atomic E-state index is -3.47. The van der Waals surface area contributed by atoms with E-state index in [1.165, 1.54) is 0 Å². The molecule has 3 aromatic rings. The molecule has 0 radical (unpaired) electrons. The van der Waals surface area contributed by atoms with Gasteiger partial charge in [-0.3, -0.25) is 4.79 Å². The molecule has 1 aliphatic carbocycles. The summed E-state index contributed by atoms with van der Waals surface area (Å²) in [6.45, 7) is 0. The zero-order valence-corrected chi connectivity index (χ0v) is 17.0. The molecule has 1 N–H and O–H groups in total. The van der Waals surface area contributed by atoms with Gasteiger partial charge in [0.1, 0.15) is 5.82 Å². The van der Waals surface area contributed by atoms with Gasteiger partial charge in [-0.05, 0) is 49.8 Å². The van der Waals surface area contributed by atoms with E-state index in [2.05, 4.69) is 9.97 Å². The molecule has 0 bridgehead atoms. The van der Waals surface area contributed by atoms with Crippen molar-refractivity contribution >= 4 is 21.6 Å². The lowest BCUT2D eigenvalue weighted by molar-refractivity contribution is 0.557. The summed E-state index contributed by atoms with van der Waals surface area (Å²) in [5.74, 6) is 0.528. The number of nitrogens with one attached hydrogen (secondary N) is 1. The van der Waals surface area contributed by atoms with Crippen LogP contribution in [0.15, 0.2) is 69.2 Å². The minimum Gasteiger partial charge on any atom is -0.306 e. The van der Waals surface area contributed by atoms with E-state index >= 15 is 0 Å². The number of thioether (sulfide) groups is 1. The van der Waals surface area contributed by atoms with E-state index in [1.807, 2.05) is 30.5 Å². The van der Waals surface area contributed by atoms with Crippen molar-refractivity contribution in [3.63, 3.8) is 0 Å². The zero-order chi connectivity index (χ0) is 19.7. The van der Waals surface area contributed by atoms with Gasteiger partial charge in [-0.2, -0.15) is 0 Å². The summed E-state index contributed by atoms with van der Waals surface area (Å²) in [6.07, 6.45) is 3.14. The molecule has 0 saturated carbocycles. The van der Waals surface area contributed by atoms with Crippen LogP contribution in [0.4, 0.5) is 0 Å². The molecule has 2 aromatic carbocycles. The number of hydrogen-bond acceptors (Lipinski definition) is 5. The van der Waals surface area contributed by atoms with Crippen molar-refractivity contribution in [2.75, 3.05) is 6.26 Å². The van der Waals surface area contributed by atoms with Gasteiger partial charge < -0.3 is 4.98 Å². The number of benzene rings is 2. The Morgan fingerprint density at radius 1 is 1.07 bits per heavy atom. The smallest absolute Gasteiger partial charge is 0.254 e. The van der Waals surface area contributed by atoms with Gasteiger partial charge in [-0.15, -0.1) is 11.8 Å². The topological polar surface area (TPSA) is 79.9 Å². The van der Waals surface area contributed by atoms with Crippen LogP contribution in [-0.4, -0.2) is 29.9 Å². The minimum absolute atomic E-state index is 0.195. The first kappa shape index (κ1) is 19.0. The van der Waals surface area contributed by atoms with Crippen molar-refractivity contribution in [2.45, 2.75) is 34.3 Å². The summed E-state index contributed by atoms with van der Waals surface area (Å²) in [7, 11) is -3.47. The second kappa shape index (κ2) is 7.56. The third-order valence-electron chi connectivity index (χ3n) is 5.11. The Labute approximate surface area is 168 Å². The van der Waals surface area contributed by atoms with E-state index in [4.69, 9.17) is 0 Å². The number of aryl methyl sites for hydroxylation is 1. The first-order chi connectivity index (χ1) is 13.5. The molecule has 0 aliphatic heterocycles. The molecule has 1 unspecified atom stereocenters. The first-order valence-corrected chi connectivity index (χ1v) is 11.8. The number of hydrogen-bond donors (Lipinski definition) is 1. The molecule has 28 heavy (non-hydrogen) atoms. The number of sulfone groups is 1. The fourth-order valence-electron chi connectivity index (χ4n) is 3.54. The van der Waals surface area contributed by atoms with Crippen LogP contribution in [-0.2, 0) is 22.7 Å². The lowest BCUT2D eigenvalue weighted by Gasteiger charge is -2.23. The number of fused-ring (bicyclic) bond motifs is 1. The summed E-state index contributed by atoms with van der Waals surface area (Å²) in [6, 6.07) is 16.3. The fraction of sp³-hybridized carbons (Fsp3) is 0.238. The van der Waals surface area contributed by atoms with Crippen LogP contribution in [0, 0.1) is 0 Å². The Balaban J connectivity index is 1.66. The predicted octanol–water partition coefficient (Wildman–Crippen LogP) is 3.49. The summed E-state index contributed by atoms with van der Waals surface area (Å²) in [5.41, 5.74) is 1.78. The van der Waals surface area contributed by atoms with E-state index in [0.717, 1.165) is 10.5 Å². The maximum atomic E-state index is 12.9. The summed E-state index contributed by atoms with van der Waals surface area (Å²) in [4.78, 5) is 21.6. The van der Waals surface area contributed by atoms with E-state index < -0.39 is 15.1 Å². The van der Waals surface area contributed by atoms with Crippen molar-refractivity contribution in [1.29, 1.82) is 0 Å². The number of rotatable bonds is 4. The first-order valence-electron chi connectivity index (χ1n) is 9.04. The predicted molar refractivity (Wildman–Crippen MR) is 112 cm³/mol. The lowest BCUT2D eigenvalue weighted by atomic mass is 9.96. The van der Waals surface area contributed by atoms with E-state index in [0.29, 0.717) is 34.8 Å². The van der Waals surface area contributed by atoms with E-state index in [1.54, 1.807) is 42.1 Å². The Bertz CT molecular complexity index is 1150. The van der Waals surface area contributed by atoms with Gasteiger partial charge in [-0.25, -0.2) is 13.4 Å². The van der Waals surface area contributed by atoms with Crippen molar-refractivity contribution in [1.82, 2.24) is 9.97 Å². The molecule has 1 aliphatic rings. The van der Waals surface area contributed by atoms with Crippen LogP contribution < -0.4 is 5.56 Å². The molecule has 0 saturated heterocycles. The molecule has 1 heterocycles. The summed E-state index contributed by atoms with van der Waals surface area (Å²) in [5, 5.41) is -0.600. The van der Waals surface area contributed by atoms with Crippen molar-refractivity contribution in [3.8, 4) is 11.4 Å². The maximum absolute atomic E-state index is 12.9. The molecule has 1 aromatic heterocycles. The highest BCUT2D eigenvalue weighted by Gasteiger charge is 2.33. The lowest BCUT2D eigenvalue weighted by Crippen LogP contribution is -2.33. The van der Waals surface area contributed by atoms with Crippen LogP contribution >= 0.6 is 11.8 Å². The Hall–Kier alpha value is -2.38. The van der Waals surface area contributed by atoms with Crippen molar-refractivity contribution in [2.24, 2.45) is 0 Å². The van der Waals surface area contributed by atoms with Gasteiger partial charge in [0, 0.05) is 16.0 Å². The molecule has 5 nitrogen and oxygen atoms in total. The molecule has 4 rings (SSSR count). The SMILES string of the molecule is CSc1ccc(-c2nc3c(c(=O)[nH]2)CC(S(=O)(=O)c2ccccc2)CC3)cc1. The van der Waals surface area contributed by atoms with Gasteiger partial charge in [0.05, 0.1) is 15.8 Å². The molecular formula is C21H20N2O3S2. The van der Waals surface area contributed by atoms with Crippen LogP contribution in [0.1, 0.15) is 17.7 Å². The van der Waals surface area contributed by atoms with E-state index in [-0.39, 0.29) is 12.0 Å². The normalized spacial score (nSPS) is 16.5. The average Bonchev–Trinajstić information content (AvgIpc) is 2.74. The fourth-order valence-corrected chi connectivity index (χ4v) is 5.69. The van der Waals surface area contributed by atoms with Gasteiger partial charge in [0.2, 0.25) is 0 Å². The highest BCUT2D eigenvalue weighted by atomic mass is 32.2. The molecule has 144 valence electrons. The molecule has 1 atom stereocenters. The van der Waals surface area contributed by atoms with Gasteiger partial charge >= 0.3 is 0 Å². The average molecular weight is 413 g/mol. The summed E-state index contributed by atoms with van der Waals surface area (Å²) < 4.78 is 25.8. The largest absolute Gasteiger partial charge is 0.306 e. The Kier molecular flexibility index (Phi) is 5.12. The molecule has 7 heteroatoms. The van der Waals surface area contributed by atoms with Crippen LogP contribution in [0.5, 0.6) is 0 Å². The second-order valence-corrected chi connectivity index (χ2v) is 9.90. The number of aromatic nitrogens is 2. The Morgan fingerprint density at radius 3 is 2.46 bits per heavy atom. The van der Waals surface area contributed by atoms with Crippen LogP contribution in [0.3, 0.4) is 0 Å².